The molecule has 0 radical (unpaired) electrons. The molecule has 1 aliphatic rings. The maximum Gasteiger partial charge on any atom is 0.147 e. The van der Waals surface area contributed by atoms with Crippen LogP contribution >= 0.6 is 0 Å². The first-order valence-electron chi connectivity index (χ1n) is 6.61. The summed E-state index contributed by atoms with van der Waals surface area (Å²) in [4.78, 5) is 2.45. The lowest BCUT2D eigenvalue weighted by Crippen LogP contribution is -2.44. The molecule has 0 saturated heterocycles. The lowest BCUT2D eigenvalue weighted by Gasteiger charge is -2.32. The van der Waals surface area contributed by atoms with Crippen LogP contribution < -0.4 is 5.32 Å². The van der Waals surface area contributed by atoms with Gasteiger partial charge in [-0.25, -0.2) is 0 Å². The van der Waals surface area contributed by atoms with Crippen molar-refractivity contribution in [2.24, 2.45) is 0 Å². The first kappa shape index (κ1) is 13.5. The van der Waals surface area contributed by atoms with Crippen molar-refractivity contribution in [3.63, 3.8) is 0 Å². The first-order valence-corrected chi connectivity index (χ1v) is 6.61. The van der Waals surface area contributed by atoms with Gasteiger partial charge in [-0.3, -0.25) is 4.90 Å². The number of nitrogens with one attached hydrogen (secondary N) is 1. The number of methoxy groups -OCH3 is 1. The third kappa shape index (κ3) is 3.51. The minimum absolute atomic E-state index is 0.526. The Morgan fingerprint density at radius 1 is 1.50 bits per heavy atom. The van der Waals surface area contributed by atoms with Crippen molar-refractivity contribution in [2.75, 3.05) is 33.4 Å². The molecule has 2 heterocycles. The molecule has 102 valence electrons. The second-order valence-electron chi connectivity index (χ2n) is 4.81. The standard InChI is InChI=1S/C12H23N5O/c1-11(8-13-4-3-7-18-2)16-5-6-17-10-14-15-12(17)9-16/h10-11,13H,3-9H2,1-2H3. The van der Waals surface area contributed by atoms with E-state index in [0.717, 1.165) is 51.6 Å². The van der Waals surface area contributed by atoms with E-state index in [-0.39, 0.29) is 0 Å². The van der Waals surface area contributed by atoms with Crippen LogP contribution in [-0.4, -0.2) is 59.1 Å². The van der Waals surface area contributed by atoms with Crippen molar-refractivity contribution in [1.29, 1.82) is 0 Å². The fourth-order valence-electron chi connectivity index (χ4n) is 2.24. The van der Waals surface area contributed by atoms with E-state index in [0.29, 0.717) is 6.04 Å². The van der Waals surface area contributed by atoms with E-state index < -0.39 is 0 Å². The van der Waals surface area contributed by atoms with Crippen molar-refractivity contribution in [2.45, 2.75) is 32.5 Å². The average molecular weight is 253 g/mol. The van der Waals surface area contributed by atoms with Crippen LogP contribution in [0.4, 0.5) is 0 Å². The van der Waals surface area contributed by atoms with Crippen molar-refractivity contribution < 1.29 is 4.74 Å². The third-order valence-corrected chi connectivity index (χ3v) is 3.43. The van der Waals surface area contributed by atoms with E-state index in [1.165, 1.54) is 0 Å². The van der Waals surface area contributed by atoms with Crippen LogP contribution in [0.1, 0.15) is 19.2 Å². The van der Waals surface area contributed by atoms with Crippen LogP contribution in [-0.2, 0) is 17.8 Å². The van der Waals surface area contributed by atoms with Gasteiger partial charge in [0.25, 0.3) is 0 Å². The second kappa shape index (κ2) is 6.82. The van der Waals surface area contributed by atoms with Gasteiger partial charge in [0.1, 0.15) is 12.2 Å². The molecular weight excluding hydrogens is 230 g/mol. The first-order chi connectivity index (χ1) is 8.81. The van der Waals surface area contributed by atoms with Crippen molar-refractivity contribution in [1.82, 2.24) is 25.0 Å². The van der Waals surface area contributed by atoms with Gasteiger partial charge in [0.05, 0.1) is 6.54 Å². The Bertz CT molecular complexity index is 354. The molecule has 1 unspecified atom stereocenters. The Balaban J connectivity index is 1.69. The van der Waals surface area contributed by atoms with Gasteiger partial charge in [-0.05, 0) is 19.9 Å². The average Bonchev–Trinajstić information content (AvgIpc) is 2.85. The summed E-state index contributed by atoms with van der Waals surface area (Å²) in [6.45, 7) is 8.09. The molecule has 6 nitrogen and oxygen atoms in total. The van der Waals surface area contributed by atoms with Gasteiger partial charge in [0.2, 0.25) is 0 Å². The number of nitrogens with zero attached hydrogens (tertiary/aromatic N) is 4. The quantitative estimate of drug-likeness (QED) is 0.699. The summed E-state index contributed by atoms with van der Waals surface area (Å²) < 4.78 is 7.16. The topological polar surface area (TPSA) is 55.2 Å². The smallest absolute Gasteiger partial charge is 0.147 e. The highest BCUT2D eigenvalue weighted by Gasteiger charge is 2.21. The predicted octanol–water partition coefficient (Wildman–Crippen LogP) is 0.108. The lowest BCUT2D eigenvalue weighted by molar-refractivity contribution is 0.157. The maximum atomic E-state index is 5.03. The highest BCUT2D eigenvalue weighted by Crippen LogP contribution is 2.11. The van der Waals surface area contributed by atoms with E-state index in [2.05, 4.69) is 31.9 Å². The van der Waals surface area contributed by atoms with E-state index in [9.17, 15) is 0 Å². The zero-order valence-corrected chi connectivity index (χ0v) is 11.3. The van der Waals surface area contributed by atoms with Gasteiger partial charge >= 0.3 is 0 Å². The summed E-state index contributed by atoms with van der Waals surface area (Å²) in [5.41, 5.74) is 0. The van der Waals surface area contributed by atoms with Gasteiger partial charge in [0, 0.05) is 39.4 Å². The molecule has 18 heavy (non-hydrogen) atoms. The molecule has 0 amide bonds. The van der Waals surface area contributed by atoms with Crippen LogP contribution in [0.25, 0.3) is 0 Å². The summed E-state index contributed by atoms with van der Waals surface area (Å²) in [5, 5.41) is 11.6. The van der Waals surface area contributed by atoms with E-state index in [1.54, 1.807) is 7.11 Å². The van der Waals surface area contributed by atoms with E-state index in [4.69, 9.17) is 4.74 Å². The number of rotatable bonds is 7. The summed E-state index contributed by atoms with van der Waals surface area (Å²) in [7, 11) is 1.74. The van der Waals surface area contributed by atoms with Crippen molar-refractivity contribution in [3.8, 4) is 0 Å². The fraction of sp³-hybridized carbons (Fsp3) is 0.833. The van der Waals surface area contributed by atoms with Crippen LogP contribution in [0.15, 0.2) is 6.33 Å². The molecule has 1 N–H and O–H groups in total. The number of ether oxygens (including phenoxy) is 1. The molecule has 0 fully saturated rings. The monoisotopic (exact) mass is 253 g/mol. The molecule has 0 spiro atoms. The zero-order chi connectivity index (χ0) is 12.8. The summed E-state index contributed by atoms with van der Waals surface area (Å²) in [6, 6.07) is 0.526. The summed E-state index contributed by atoms with van der Waals surface area (Å²) >= 11 is 0. The van der Waals surface area contributed by atoms with Gasteiger partial charge in [-0.1, -0.05) is 0 Å². The Hall–Kier alpha value is -0.980. The van der Waals surface area contributed by atoms with Gasteiger partial charge < -0.3 is 14.6 Å². The van der Waals surface area contributed by atoms with E-state index >= 15 is 0 Å². The highest BCUT2D eigenvalue weighted by molar-refractivity contribution is 4.91. The molecule has 0 saturated carbocycles. The van der Waals surface area contributed by atoms with Gasteiger partial charge in [-0.2, -0.15) is 0 Å². The molecular formula is C12H23N5O. The number of hydrogen-bond acceptors (Lipinski definition) is 5. The zero-order valence-electron chi connectivity index (χ0n) is 11.3. The predicted molar refractivity (Wildman–Crippen MR) is 69.3 cm³/mol. The molecule has 1 atom stereocenters. The van der Waals surface area contributed by atoms with Crippen molar-refractivity contribution >= 4 is 0 Å². The maximum absolute atomic E-state index is 5.03. The molecule has 6 heteroatoms. The van der Waals surface area contributed by atoms with Crippen molar-refractivity contribution in [3.05, 3.63) is 12.2 Å². The largest absolute Gasteiger partial charge is 0.385 e. The molecule has 1 aliphatic heterocycles. The third-order valence-electron chi connectivity index (χ3n) is 3.43. The number of aromatic nitrogens is 3. The second-order valence-corrected chi connectivity index (χ2v) is 4.81. The fourth-order valence-corrected chi connectivity index (χ4v) is 2.24. The summed E-state index contributed by atoms with van der Waals surface area (Å²) in [5.74, 6) is 1.08. The van der Waals surface area contributed by atoms with Crippen LogP contribution in [0.5, 0.6) is 0 Å². The molecule has 1 aromatic heterocycles. The molecule has 0 aliphatic carbocycles. The van der Waals surface area contributed by atoms with Crippen LogP contribution in [0.3, 0.4) is 0 Å². The van der Waals surface area contributed by atoms with Crippen LogP contribution in [0.2, 0.25) is 0 Å². The Morgan fingerprint density at radius 2 is 2.39 bits per heavy atom. The van der Waals surface area contributed by atoms with Gasteiger partial charge in [-0.15, -0.1) is 10.2 Å². The SMILES string of the molecule is COCCCNCC(C)N1CCn2cnnc2C1. The molecule has 1 aromatic rings. The highest BCUT2D eigenvalue weighted by atomic mass is 16.5. The minimum Gasteiger partial charge on any atom is -0.385 e. The van der Waals surface area contributed by atoms with Crippen LogP contribution in [0, 0.1) is 0 Å². The summed E-state index contributed by atoms with van der Waals surface area (Å²) in [6.07, 6.45) is 2.89. The Labute approximate surface area is 108 Å². The molecule has 0 bridgehead atoms. The Morgan fingerprint density at radius 3 is 3.22 bits per heavy atom. The number of fused-ring (bicyclic) bond motifs is 1. The van der Waals surface area contributed by atoms with Gasteiger partial charge in [0.15, 0.2) is 0 Å². The Kier molecular flexibility index (Phi) is 5.10. The minimum atomic E-state index is 0.526. The lowest BCUT2D eigenvalue weighted by atomic mass is 10.2. The normalized spacial score (nSPS) is 17.7. The molecule has 0 aromatic carbocycles. The van der Waals surface area contributed by atoms with E-state index in [1.807, 2.05) is 6.33 Å². The molecule has 2 rings (SSSR count). The number of hydrogen-bond donors (Lipinski definition) is 1.